The molecule has 0 radical (unpaired) electrons. The van der Waals surface area contributed by atoms with Gasteiger partial charge in [0.25, 0.3) is 0 Å². The molecule has 0 spiro atoms. The predicted molar refractivity (Wildman–Crippen MR) is 127 cm³/mol. The van der Waals surface area contributed by atoms with Gasteiger partial charge in [-0.15, -0.1) is 0 Å². The summed E-state index contributed by atoms with van der Waals surface area (Å²) in [6.07, 6.45) is 2.31. The normalized spacial score (nSPS) is 14.8. The number of unbranched alkanes of at least 4 members (excludes halogenated alkanes) is 1. The molecule has 1 aliphatic heterocycles. The Morgan fingerprint density at radius 1 is 0.931 bits per heavy atom. The molecule has 1 fully saturated rings. The van der Waals surface area contributed by atoms with Gasteiger partial charge in [0.2, 0.25) is 0 Å². The number of hydrogen-bond donors (Lipinski definition) is 1. The molecule has 0 amide bonds. The van der Waals surface area contributed by atoms with Crippen molar-refractivity contribution in [3.05, 3.63) is 29.8 Å². The Kier molecular flexibility index (Phi) is 14.9. The molecule has 1 N–H and O–H groups in total. The topological polar surface area (TPSA) is 37.0 Å². The van der Waals surface area contributed by atoms with Gasteiger partial charge >= 0.3 is 0 Å². The van der Waals surface area contributed by atoms with Crippen LogP contribution in [-0.2, 0) is 16.0 Å². The minimum Gasteiger partial charge on any atom is -0.379 e. The van der Waals surface area contributed by atoms with Crippen molar-refractivity contribution >= 4 is 5.69 Å². The molecule has 0 unspecified atom stereocenters. The van der Waals surface area contributed by atoms with E-state index in [1.54, 1.807) is 0 Å². The van der Waals surface area contributed by atoms with E-state index in [0.717, 1.165) is 58.9 Å². The highest BCUT2D eigenvalue weighted by atomic mass is 16.5. The highest BCUT2D eigenvalue weighted by Gasteiger charge is 2.18. The summed E-state index contributed by atoms with van der Waals surface area (Å²) in [4.78, 5) is 5.04. The summed E-state index contributed by atoms with van der Waals surface area (Å²) < 4.78 is 11.1. The van der Waals surface area contributed by atoms with Gasteiger partial charge in [-0.25, -0.2) is 0 Å². The zero-order valence-electron chi connectivity index (χ0n) is 19.6. The van der Waals surface area contributed by atoms with Crippen molar-refractivity contribution in [2.45, 2.75) is 60.0 Å². The number of hydrogen-bond acceptors (Lipinski definition) is 5. The van der Waals surface area contributed by atoms with Gasteiger partial charge in [-0.05, 0) is 38.0 Å². The zero-order valence-corrected chi connectivity index (χ0v) is 19.6. The molecule has 2 rings (SSSR count). The average molecular weight is 410 g/mol. The van der Waals surface area contributed by atoms with Crippen LogP contribution in [0.4, 0.5) is 5.69 Å². The summed E-state index contributed by atoms with van der Waals surface area (Å²) >= 11 is 0. The molecule has 170 valence electrons. The van der Waals surface area contributed by atoms with Gasteiger partial charge in [-0.3, -0.25) is 4.90 Å². The van der Waals surface area contributed by atoms with E-state index in [1.807, 2.05) is 13.8 Å². The molecule has 0 aromatic heterocycles. The number of rotatable bonds is 13. The van der Waals surface area contributed by atoms with Crippen molar-refractivity contribution in [3.63, 3.8) is 0 Å². The Balaban J connectivity index is 0.00000272. The summed E-state index contributed by atoms with van der Waals surface area (Å²) in [6, 6.07) is 9.63. The van der Waals surface area contributed by atoms with Crippen LogP contribution in [0.2, 0.25) is 0 Å². The number of benzene rings is 1. The Labute approximate surface area is 181 Å². The first-order valence-corrected chi connectivity index (χ1v) is 11.6. The molecule has 29 heavy (non-hydrogen) atoms. The lowest BCUT2D eigenvalue weighted by Gasteiger charge is -2.38. The van der Waals surface area contributed by atoms with E-state index in [0.29, 0.717) is 19.3 Å². The van der Waals surface area contributed by atoms with Gasteiger partial charge in [-0.1, -0.05) is 39.3 Å². The highest BCUT2D eigenvalue weighted by molar-refractivity contribution is 5.48. The molecule has 1 aromatic carbocycles. The van der Waals surface area contributed by atoms with Crippen LogP contribution in [0.3, 0.4) is 0 Å². The molecule has 0 bridgehead atoms. The Bertz CT molecular complexity index is 492. The Morgan fingerprint density at radius 3 is 2.14 bits per heavy atom. The van der Waals surface area contributed by atoms with Crippen molar-refractivity contribution in [1.29, 1.82) is 0 Å². The third-order valence-corrected chi connectivity index (χ3v) is 5.11. The second-order valence-corrected chi connectivity index (χ2v) is 7.54. The molecule has 0 atom stereocenters. The SMILES string of the molecule is CC.CCCCOCCOCCNCc1ccc(N2CCN(C(C)C)CC2)cc1.[HH]. The van der Waals surface area contributed by atoms with E-state index in [9.17, 15) is 0 Å². The molecule has 5 heteroatoms. The molecule has 1 heterocycles. The van der Waals surface area contributed by atoms with Gasteiger partial charge in [-0.2, -0.15) is 0 Å². The second kappa shape index (κ2) is 16.6. The predicted octanol–water partition coefficient (Wildman–Crippen LogP) is 4.41. The van der Waals surface area contributed by atoms with E-state index in [2.05, 4.69) is 60.2 Å². The number of nitrogens with zero attached hydrogens (tertiary/aromatic N) is 2. The summed E-state index contributed by atoms with van der Waals surface area (Å²) in [5.41, 5.74) is 2.66. The first kappa shape index (κ1) is 25.9. The molecular weight excluding hydrogens is 362 g/mol. The first-order valence-electron chi connectivity index (χ1n) is 11.6. The van der Waals surface area contributed by atoms with Crippen LogP contribution in [0.1, 0.15) is 54.5 Å². The van der Waals surface area contributed by atoms with Crippen molar-refractivity contribution in [2.75, 3.05) is 64.1 Å². The van der Waals surface area contributed by atoms with Crippen molar-refractivity contribution in [1.82, 2.24) is 10.2 Å². The van der Waals surface area contributed by atoms with Crippen LogP contribution in [0.15, 0.2) is 24.3 Å². The molecule has 0 aliphatic carbocycles. The van der Waals surface area contributed by atoms with Gasteiger partial charge in [0, 0.05) is 59.0 Å². The standard InChI is InChI=1S/C22H39N3O2.C2H6.H2/c1-4-5-15-26-17-18-27-16-10-23-19-21-6-8-22(9-7-21)25-13-11-24(12-14-25)20(2)3;1-2;/h6-9,20,23H,4-5,10-19H2,1-3H3;1-2H3;1H. The Morgan fingerprint density at radius 2 is 1.55 bits per heavy atom. The van der Waals surface area contributed by atoms with E-state index in [-0.39, 0.29) is 1.43 Å². The zero-order chi connectivity index (χ0) is 21.3. The summed E-state index contributed by atoms with van der Waals surface area (Å²) in [7, 11) is 0. The van der Waals surface area contributed by atoms with Gasteiger partial charge in [0.05, 0.1) is 19.8 Å². The number of anilines is 1. The molecular formula is C24H47N3O2. The van der Waals surface area contributed by atoms with Crippen molar-refractivity contribution in [2.24, 2.45) is 0 Å². The summed E-state index contributed by atoms with van der Waals surface area (Å²) in [6.45, 7) is 20.0. The van der Waals surface area contributed by atoms with E-state index in [1.165, 1.54) is 17.7 Å². The minimum absolute atomic E-state index is 0. The first-order chi connectivity index (χ1) is 14.2. The second-order valence-electron chi connectivity index (χ2n) is 7.54. The van der Waals surface area contributed by atoms with Gasteiger partial charge in [0.15, 0.2) is 0 Å². The lowest BCUT2D eigenvalue weighted by atomic mass is 10.1. The van der Waals surface area contributed by atoms with Crippen LogP contribution in [0.25, 0.3) is 0 Å². The minimum atomic E-state index is 0. The smallest absolute Gasteiger partial charge is 0.0701 e. The fourth-order valence-corrected chi connectivity index (χ4v) is 3.27. The van der Waals surface area contributed by atoms with Crippen LogP contribution < -0.4 is 10.2 Å². The molecule has 1 aromatic rings. The maximum atomic E-state index is 5.58. The Hall–Kier alpha value is -1.14. The molecule has 1 saturated heterocycles. The monoisotopic (exact) mass is 409 g/mol. The fraction of sp³-hybridized carbons (Fsp3) is 0.750. The quantitative estimate of drug-likeness (QED) is 0.488. The van der Waals surface area contributed by atoms with Crippen LogP contribution in [-0.4, -0.2) is 70.1 Å². The molecule has 5 nitrogen and oxygen atoms in total. The summed E-state index contributed by atoms with van der Waals surface area (Å²) in [5, 5.41) is 3.44. The largest absolute Gasteiger partial charge is 0.379 e. The van der Waals surface area contributed by atoms with Crippen LogP contribution >= 0.6 is 0 Å². The maximum Gasteiger partial charge on any atom is 0.0701 e. The number of nitrogens with one attached hydrogen (secondary N) is 1. The average Bonchev–Trinajstić information content (AvgIpc) is 2.77. The fourth-order valence-electron chi connectivity index (χ4n) is 3.27. The van der Waals surface area contributed by atoms with Gasteiger partial charge in [0.1, 0.15) is 0 Å². The van der Waals surface area contributed by atoms with E-state index < -0.39 is 0 Å². The molecule has 1 aliphatic rings. The van der Waals surface area contributed by atoms with Crippen molar-refractivity contribution in [3.8, 4) is 0 Å². The maximum absolute atomic E-state index is 5.58. The van der Waals surface area contributed by atoms with Crippen molar-refractivity contribution < 1.29 is 10.9 Å². The number of piperazine rings is 1. The summed E-state index contributed by atoms with van der Waals surface area (Å²) in [5.74, 6) is 0. The highest BCUT2D eigenvalue weighted by Crippen LogP contribution is 2.18. The number of ether oxygens (including phenoxy) is 2. The lowest BCUT2D eigenvalue weighted by molar-refractivity contribution is 0.0477. The van der Waals surface area contributed by atoms with E-state index >= 15 is 0 Å². The third kappa shape index (κ3) is 11.0. The lowest BCUT2D eigenvalue weighted by Crippen LogP contribution is -2.48. The van der Waals surface area contributed by atoms with Gasteiger partial charge < -0.3 is 19.7 Å². The van der Waals surface area contributed by atoms with E-state index in [4.69, 9.17) is 9.47 Å². The van der Waals surface area contributed by atoms with Crippen LogP contribution in [0, 0.1) is 0 Å². The molecule has 0 saturated carbocycles. The van der Waals surface area contributed by atoms with Crippen LogP contribution in [0.5, 0.6) is 0 Å². The third-order valence-electron chi connectivity index (χ3n) is 5.11.